The monoisotopic (exact) mass is 230 g/mol. The lowest BCUT2D eigenvalue weighted by atomic mass is 10.1. The second-order valence-corrected chi connectivity index (χ2v) is 4.21. The summed E-state index contributed by atoms with van der Waals surface area (Å²) in [5.41, 5.74) is 2.65. The second kappa shape index (κ2) is 4.99. The van der Waals surface area contributed by atoms with E-state index >= 15 is 0 Å². The van der Waals surface area contributed by atoms with Crippen LogP contribution in [-0.4, -0.2) is 21.8 Å². The van der Waals surface area contributed by atoms with Gasteiger partial charge in [0.15, 0.2) is 0 Å². The van der Waals surface area contributed by atoms with Crippen molar-refractivity contribution in [3.63, 3.8) is 0 Å². The molecule has 2 rings (SSSR count). The highest BCUT2D eigenvalue weighted by atomic mass is 15.4. The Morgan fingerprint density at radius 3 is 2.76 bits per heavy atom. The summed E-state index contributed by atoms with van der Waals surface area (Å²) in [6.07, 6.45) is 1.91. The number of nitrogens with zero attached hydrogens (tertiary/aromatic N) is 3. The zero-order valence-electron chi connectivity index (χ0n) is 10.6. The number of nitrogens with one attached hydrogen (secondary N) is 1. The van der Waals surface area contributed by atoms with Crippen LogP contribution in [-0.2, 0) is 19.9 Å². The van der Waals surface area contributed by atoms with Gasteiger partial charge in [0.1, 0.15) is 5.82 Å². The normalized spacial score (nSPS) is 10.5. The fourth-order valence-corrected chi connectivity index (χ4v) is 1.86. The molecule has 0 aliphatic rings. The molecule has 0 saturated carbocycles. The van der Waals surface area contributed by atoms with E-state index in [1.165, 1.54) is 11.1 Å². The van der Waals surface area contributed by atoms with Crippen molar-refractivity contribution in [2.45, 2.75) is 19.8 Å². The van der Waals surface area contributed by atoms with Gasteiger partial charge in [0.05, 0.1) is 0 Å². The predicted octanol–water partition coefficient (Wildman–Crippen LogP) is 1.95. The van der Waals surface area contributed by atoms with Crippen LogP contribution >= 0.6 is 0 Å². The first-order valence-electron chi connectivity index (χ1n) is 5.82. The summed E-state index contributed by atoms with van der Waals surface area (Å²) >= 11 is 0. The molecule has 0 saturated heterocycles. The molecule has 0 aliphatic heterocycles. The molecular weight excluding hydrogens is 212 g/mol. The van der Waals surface area contributed by atoms with E-state index in [-0.39, 0.29) is 0 Å². The zero-order valence-corrected chi connectivity index (χ0v) is 10.6. The van der Waals surface area contributed by atoms with E-state index in [9.17, 15) is 0 Å². The fraction of sp³-hybridized carbons (Fsp3) is 0.385. The van der Waals surface area contributed by atoms with Crippen molar-refractivity contribution in [1.29, 1.82) is 0 Å². The summed E-state index contributed by atoms with van der Waals surface area (Å²) in [6, 6.07) is 8.59. The molecule has 0 spiro atoms. The lowest BCUT2D eigenvalue weighted by Gasteiger charge is -2.02. The van der Waals surface area contributed by atoms with Crippen LogP contribution in [0.3, 0.4) is 0 Å². The van der Waals surface area contributed by atoms with Crippen molar-refractivity contribution in [1.82, 2.24) is 14.8 Å². The minimum Gasteiger partial charge on any atom is -0.356 e. The molecule has 0 amide bonds. The molecule has 2 aromatic rings. The third kappa shape index (κ3) is 2.84. The number of hydrogen-bond acceptors (Lipinski definition) is 3. The van der Waals surface area contributed by atoms with Crippen molar-refractivity contribution < 1.29 is 0 Å². The summed E-state index contributed by atoms with van der Waals surface area (Å²) in [5.74, 6) is 1.70. The maximum absolute atomic E-state index is 4.41. The lowest BCUT2D eigenvalue weighted by molar-refractivity contribution is 0.693. The van der Waals surface area contributed by atoms with Crippen LogP contribution in [0.5, 0.6) is 0 Å². The van der Waals surface area contributed by atoms with Crippen molar-refractivity contribution >= 4 is 5.95 Å². The summed E-state index contributed by atoms with van der Waals surface area (Å²) < 4.78 is 1.83. The quantitative estimate of drug-likeness (QED) is 0.873. The molecule has 0 bridgehead atoms. The molecule has 90 valence electrons. The van der Waals surface area contributed by atoms with Gasteiger partial charge in [-0.3, -0.25) is 4.68 Å². The van der Waals surface area contributed by atoms with Crippen LogP contribution in [0.15, 0.2) is 24.3 Å². The number of hydrogen-bond donors (Lipinski definition) is 1. The molecule has 1 aromatic heterocycles. The van der Waals surface area contributed by atoms with Crippen molar-refractivity contribution in [3.05, 3.63) is 41.2 Å². The Kier molecular flexibility index (Phi) is 3.42. The van der Waals surface area contributed by atoms with Crippen LogP contribution in [0.4, 0.5) is 5.95 Å². The molecule has 17 heavy (non-hydrogen) atoms. The van der Waals surface area contributed by atoms with Gasteiger partial charge >= 0.3 is 0 Å². The Hall–Kier alpha value is -1.84. The average molecular weight is 230 g/mol. The summed E-state index contributed by atoms with van der Waals surface area (Å²) in [5, 5.41) is 7.21. The van der Waals surface area contributed by atoms with E-state index in [1.54, 1.807) is 0 Å². The maximum Gasteiger partial charge on any atom is 0.242 e. The van der Waals surface area contributed by atoms with Gasteiger partial charge in [-0.2, -0.15) is 4.98 Å². The molecule has 0 radical (unpaired) electrons. The highest BCUT2D eigenvalue weighted by molar-refractivity contribution is 5.24. The molecule has 0 atom stereocenters. The first kappa shape index (κ1) is 11.6. The van der Waals surface area contributed by atoms with Gasteiger partial charge in [0.2, 0.25) is 5.95 Å². The van der Waals surface area contributed by atoms with E-state index in [4.69, 9.17) is 0 Å². The molecule has 1 aromatic carbocycles. The van der Waals surface area contributed by atoms with E-state index in [2.05, 4.69) is 46.6 Å². The third-order valence-corrected chi connectivity index (χ3v) is 2.80. The van der Waals surface area contributed by atoms with E-state index in [0.29, 0.717) is 5.95 Å². The predicted molar refractivity (Wildman–Crippen MR) is 69.1 cm³/mol. The second-order valence-electron chi connectivity index (χ2n) is 4.21. The Morgan fingerprint density at radius 2 is 2.12 bits per heavy atom. The van der Waals surface area contributed by atoms with Gasteiger partial charge in [-0.15, -0.1) is 5.10 Å². The Morgan fingerprint density at radius 1 is 1.29 bits per heavy atom. The first-order chi connectivity index (χ1) is 8.19. The molecule has 4 heteroatoms. The smallest absolute Gasteiger partial charge is 0.242 e. The third-order valence-electron chi connectivity index (χ3n) is 2.80. The molecular formula is C13H18N4. The van der Waals surface area contributed by atoms with Crippen LogP contribution in [0, 0.1) is 6.92 Å². The van der Waals surface area contributed by atoms with E-state index in [0.717, 1.165) is 18.7 Å². The van der Waals surface area contributed by atoms with Crippen molar-refractivity contribution in [2.24, 2.45) is 7.05 Å². The summed E-state index contributed by atoms with van der Waals surface area (Å²) in [4.78, 5) is 4.41. The zero-order chi connectivity index (χ0) is 12.3. The van der Waals surface area contributed by atoms with Gasteiger partial charge in [-0.25, -0.2) is 0 Å². The van der Waals surface area contributed by atoms with Gasteiger partial charge < -0.3 is 5.32 Å². The first-order valence-corrected chi connectivity index (χ1v) is 5.82. The van der Waals surface area contributed by atoms with Crippen molar-refractivity contribution in [2.75, 3.05) is 12.4 Å². The number of rotatable bonds is 4. The van der Waals surface area contributed by atoms with Crippen molar-refractivity contribution in [3.8, 4) is 0 Å². The minimum absolute atomic E-state index is 0.687. The maximum atomic E-state index is 4.41. The minimum atomic E-state index is 0.687. The summed E-state index contributed by atoms with van der Waals surface area (Å²) in [6.45, 7) is 2.12. The lowest BCUT2D eigenvalue weighted by Crippen LogP contribution is -2.01. The molecule has 0 unspecified atom stereocenters. The van der Waals surface area contributed by atoms with Gasteiger partial charge in [-0.1, -0.05) is 29.8 Å². The standard InChI is InChI=1S/C13H18N4/c1-10-5-4-6-11(9-10)7-8-12-15-13(14-2)16-17(12)3/h4-6,9H,7-8H2,1-3H3,(H,14,16). The van der Waals surface area contributed by atoms with Crippen LogP contribution in [0.25, 0.3) is 0 Å². The van der Waals surface area contributed by atoms with E-state index in [1.807, 2.05) is 18.8 Å². The highest BCUT2D eigenvalue weighted by Gasteiger charge is 2.05. The highest BCUT2D eigenvalue weighted by Crippen LogP contribution is 2.09. The fourth-order valence-electron chi connectivity index (χ4n) is 1.86. The van der Waals surface area contributed by atoms with Crippen LogP contribution < -0.4 is 5.32 Å². The van der Waals surface area contributed by atoms with Gasteiger partial charge in [-0.05, 0) is 18.9 Å². The van der Waals surface area contributed by atoms with Crippen LogP contribution in [0.1, 0.15) is 17.0 Å². The molecule has 0 aliphatic carbocycles. The van der Waals surface area contributed by atoms with Gasteiger partial charge in [0, 0.05) is 20.5 Å². The molecule has 4 nitrogen and oxygen atoms in total. The number of aryl methyl sites for hydroxylation is 4. The van der Waals surface area contributed by atoms with Gasteiger partial charge in [0.25, 0.3) is 0 Å². The van der Waals surface area contributed by atoms with Crippen LogP contribution in [0.2, 0.25) is 0 Å². The Balaban J connectivity index is 2.04. The Bertz CT molecular complexity index is 502. The average Bonchev–Trinajstić information content (AvgIpc) is 2.68. The number of anilines is 1. The largest absolute Gasteiger partial charge is 0.356 e. The summed E-state index contributed by atoms with van der Waals surface area (Å²) in [7, 11) is 3.76. The topological polar surface area (TPSA) is 42.7 Å². The molecule has 0 fully saturated rings. The SMILES string of the molecule is CNc1nc(CCc2cccc(C)c2)n(C)n1. The van der Waals surface area contributed by atoms with E-state index < -0.39 is 0 Å². The molecule has 1 N–H and O–H groups in total. The molecule has 1 heterocycles. The number of benzene rings is 1. The Labute approximate surface area is 102 Å². The number of aromatic nitrogens is 3.